The molecule has 0 aromatic heterocycles. The predicted octanol–water partition coefficient (Wildman–Crippen LogP) is 2.88. The van der Waals surface area contributed by atoms with Crippen molar-refractivity contribution in [2.24, 2.45) is 0 Å². The summed E-state index contributed by atoms with van der Waals surface area (Å²) in [5.41, 5.74) is 1.39. The molecule has 1 aliphatic heterocycles. The van der Waals surface area contributed by atoms with Gasteiger partial charge in [0.15, 0.2) is 0 Å². The van der Waals surface area contributed by atoms with Gasteiger partial charge in [-0.1, -0.05) is 0 Å². The van der Waals surface area contributed by atoms with Crippen molar-refractivity contribution in [3.63, 3.8) is 0 Å². The minimum atomic E-state index is 0.656. The molecule has 0 unspecified atom stereocenters. The fraction of sp³-hybridized carbons (Fsp3) is 0.538. The molecule has 2 nitrogen and oxygen atoms in total. The van der Waals surface area contributed by atoms with Gasteiger partial charge in [-0.05, 0) is 61.9 Å². The summed E-state index contributed by atoms with van der Waals surface area (Å²) in [5.74, 6) is 1.70. The molecule has 3 heteroatoms. The summed E-state index contributed by atoms with van der Waals surface area (Å²) in [5, 5.41) is 3.40. The SMILES string of the molecule is COc1ccc(SC)cc1C1CCNCC1. The van der Waals surface area contributed by atoms with E-state index in [1.807, 2.05) is 0 Å². The Balaban J connectivity index is 2.27. The van der Waals surface area contributed by atoms with Crippen LogP contribution in [0.15, 0.2) is 23.1 Å². The molecule has 1 aromatic carbocycles. The summed E-state index contributed by atoms with van der Waals surface area (Å²) >= 11 is 1.79. The number of piperidine rings is 1. The van der Waals surface area contributed by atoms with Gasteiger partial charge in [0, 0.05) is 4.90 Å². The van der Waals surface area contributed by atoms with Gasteiger partial charge in [0.05, 0.1) is 7.11 Å². The van der Waals surface area contributed by atoms with E-state index >= 15 is 0 Å². The lowest BCUT2D eigenvalue weighted by Crippen LogP contribution is -2.26. The Morgan fingerprint density at radius 1 is 1.31 bits per heavy atom. The maximum atomic E-state index is 5.47. The third-order valence-corrected chi connectivity index (χ3v) is 3.94. The summed E-state index contributed by atoms with van der Waals surface area (Å²) < 4.78 is 5.47. The standard InChI is InChI=1S/C13H19NOS/c1-15-13-4-3-11(16-2)9-12(13)10-5-7-14-8-6-10/h3-4,9-10,14H,5-8H2,1-2H3. The first-order valence-electron chi connectivity index (χ1n) is 5.78. The van der Waals surface area contributed by atoms with Gasteiger partial charge >= 0.3 is 0 Å². The highest BCUT2D eigenvalue weighted by atomic mass is 32.2. The van der Waals surface area contributed by atoms with Gasteiger partial charge < -0.3 is 10.1 Å². The lowest BCUT2D eigenvalue weighted by molar-refractivity contribution is 0.391. The molecule has 0 atom stereocenters. The molecule has 16 heavy (non-hydrogen) atoms. The quantitative estimate of drug-likeness (QED) is 0.817. The molecule has 0 radical (unpaired) electrons. The van der Waals surface area contributed by atoms with E-state index in [4.69, 9.17) is 4.74 Å². The number of nitrogens with one attached hydrogen (secondary N) is 1. The van der Waals surface area contributed by atoms with Gasteiger partial charge in [0.2, 0.25) is 0 Å². The van der Waals surface area contributed by atoms with Gasteiger partial charge in [-0.2, -0.15) is 0 Å². The first-order valence-corrected chi connectivity index (χ1v) is 7.00. The highest BCUT2D eigenvalue weighted by Crippen LogP contribution is 2.35. The van der Waals surface area contributed by atoms with Crippen molar-refractivity contribution in [1.29, 1.82) is 0 Å². The van der Waals surface area contributed by atoms with Crippen molar-refractivity contribution in [1.82, 2.24) is 5.32 Å². The number of rotatable bonds is 3. The molecular formula is C13H19NOS. The topological polar surface area (TPSA) is 21.3 Å². The Hall–Kier alpha value is -0.670. The van der Waals surface area contributed by atoms with Crippen molar-refractivity contribution in [3.8, 4) is 5.75 Å². The van der Waals surface area contributed by atoms with Gasteiger partial charge in [0.1, 0.15) is 5.75 Å². The lowest BCUT2D eigenvalue weighted by atomic mass is 9.89. The van der Waals surface area contributed by atoms with Crippen LogP contribution in [0, 0.1) is 0 Å². The minimum Gasteiger partial charge on any atom is -0.496 e. The van der Waals surface area contributed by atoms with Crippen LogP contribution in [0.2, 0.25) is 0 Å². The molecule has 1 aliphatic rings. The van der Waals surface area contributed by atoms with Crippen LogP contribution < -0.4 is 10.1 Å². The van der Waals surface area contributed by atoms with Gasteiger partial charge in [-0.3, -0.25) is 0 Å². The molecule has 88 valence electrons. The first-order chi connectivity index (χ1) is 7.85. The molecule has 1 fully saturated rings. The second kappa shape index (κ2) is 5.60. The Labute approximate surface area is 102 Å². The summed E-state index contributed by atoms with van der Waals surface area (Å²) in [6, 6.07) is 6.52. The smallest absolute Gasteiger partial charge is 0.122 e. The molecule has 1 N–H and O–H groups in total. The average molecular weight is 237 g/mol. The Bertz CT molecular complexity index is 348. The number of benzene rings is 1. The zero-order chi connectivity index (χ0) is 11.4. The van der Waals surface area contributed by atoms with Gasteiger partial charge in [0.25, 0.3) is 0 Å². The molecule has 1 saturated heterocycles. The van der Waals surface area contributed by atoms with E-state index in [1.54, 1.807) is 18.9 Å². The number of hydrogen-bond acceptors (Lipinski definition) is 3. The minimum absolute atomic E-state index is 0.656. The van der Waals surface area contributed by atoms with E-state index in [0.29, 0.717) is 5.92 Å². The normalized spacial score (nSPS) is 17.4. The van der Waals surface area contributed by atoms with Crippen molar-refractivity contribution >= 4 is 11.8 Å². The summed E-state index contributed by atoms with van der Waals surface area (Å²) in [4.78, 5) is 1.33. The monoisotopic (exact) mass is 237 g/mol. The average Bonchev–Trinajstić information content (AvgIpc) is 2.39. The van der Waals surface area contributed by atoms with Crippen LogP contribution in [0.4, 0.5) is 0 Å². The van der Waals surface area contributed by atoms with E-state index in [2.05, 4.69) is 29.8 Å². The van der Waals surface area contributed by atoms with Crippen LogP contribution in [-0.2, 0) is 0 Å². The molecule has 0 spiro atoms. The number of ether oxygens (including phenoxy) is 1. The van der Waals surface area contributed by atoms with E-state index in [1.165, 1.54) is 23.3 Å². The van der Waals surface area contributed by atoms with E-state index < -0.39 is 0 Å². The van der Waals surface area contributed by atoms with Crippen LogP contribution in [0.25, 0.3) is 0 Å². The van der Waals surface area contributed by atoms with E-state index in [-0.39, 0.29) is 0 Å². The molecular weight excluding hydrogens is 218 g/mol. The molecule has 0 bridgehead atoms. The van der Waals surface area contributed by atoms with Crippen molar-refractivity contribution in [2.45, 2.75) is 23.7 Å². The molecule has 0 saturated carbocycles. The summed E-state index contributed by atoms with van der Waals surface area (Å²) in [6.45, 7) is 2.24. The summed E-state index contributed by atoms with van der Waals surface area (Å²) in [6.07, 6.45) is 4.55. The predicted molar refractivity (Wildman–Crippen MR) is 69.6 cm³/mol. The van der Waals surface area contributed by atoms with Crippen molar-refractivity contribution in [2.75, 3.05) is 26.5 Å². The number of thioether (sulfide) groups is 1. The van der Waals surface area contributed by atoms with Crippen LogP contribution >= 0.6 is 11.8 Å². The Morgan fingerprint density at radius 2 is 2.06 bits per heavy atom. The highest BCUT2D eigenvalue weighted by Gasteiger charge is 2.19. The molecule has 1 aromatic rings. The zero-order valence-corrected chi connectivity index (χ0v) is 10.8. The van der Waals surface area contributed by atoms with Gasteiger partial charge in [-0.25, -0.2) is 0 Å². The Morgan fingerprint density at radius 3 is 2.69 bits per heavy atom. The lowest BCUT2D eigenvalue weighted by Gasteiger charge is -2.25. The van der Waals surface area contributed by atoms with Crippen molar-refractivity contribution < 1.29 is 4.74 Å². The first kappa shape index (κ1) is 11.8. The maximum Gasteiger partial charge on any atom is 0.122 e. The molecule has 0 amide bonds. The van der Waals surface area contributed by atoms with E-state index in [0.717, 1.165) is 18.8 Å². The van der Waals surface area contributed by atoms with Crippen molar-refractivity contribution in [3.05, 3.63) is 23.8 Å². The number of methoxy groups -OCH3 is 1. The largest absolute Gasteiger partial charge is 0.496 e. The number of hydrogen-bond donors (Lipinski definition) is 1. The molecule has 0 aliphatic carbocycles. The second-order valence-corrected chi connectivity index (χ2v) is 5.01. The van der Waals surface area contributed by atoms with Crippen LogP contribution in [-0.4, -0.2) is 26.5 Å². The maximum absolute atomic E-state index is 5.47. The van der Waals surface area contributed by atoms with Crippen LogP contribution in [0.3, 0.4) is 0 Å². The second-order valence-electron chi connectivity index (χ2n) is 4.13. The highest BCUT2D eigenvalue weighted by molar-refractivity contribution is 7.98. The van der Waals surface area contributed by atoms with Crippen LogP contribution in [0.5, 0.6) is 5.75 Å². The molecule has 2 rings (SSSR count). The van der Waals surface area contributed by atoms with Gasteiger partial charge in [-0.15, -0.1) is 11.8 Å². The zero-order valence-electron chi connectivity index (χ0n) is 9.95. The third-order valence-electron chi connectivity index (χ3n) is 3.22. The molecule has 1 heterocycles. The van der Waals surface area contributed by atoms with E-state index in [9.17, 15) is 0 Å². The Kier molecular flexibility index (Phi) is 4.13. The third kappa shape index (κ3) is 2.53. The fourth-order valence-corrected chi connectivity index (χ4v) is 2.74. The van der Waals surface area contributed by atoms with Crippen LogP contribution in [0.1, 0.15) is 24.3 Å². The fourth-order valence-electron chi connectivity index (χ4n) is 2.29. The summed E-state index contributed by atoms with van der Waals surface area (Å²) in [7, 11) is 1.76.